The van der Waals surface area contributed by atoms with Crippen molar-refractivity contribution in [3.8, 4) is 22.5 Å². The molecule has 0 fully saturated rings. The fourth-order valence-electron chi connectivity index (χ4n) is 7.60. The van der Waals surface area contributed by atoms with Crippen molar-refractivity contribution in [3.05, 3.63) is 168 Å². The van der Waals surface area contributed by atoms with Crippen LogP contribution in [-0.4, -0.2) is 9.13 Å². The number of thiophene rings is 1. The molecular weight excluding hydrogens is 617 g/mol. The van der Waals surface area contributed by atoms with Gasteiger partial charge in [-0.1, -0.05) is 84.9 Å². The van der Waals surface area contributed by atoms with E-state index in [0.29, 0.717) is 11.4 Å². The molecule has 7 aromatic carbocycles. The van der Waals surface area contributed by atoms with Crippen LogP contribution in [0.4, 0.5) is 11.4 Å². The van der Waals surface area contributed by atoms with Crippen LogP contribution in [0.15, 0.2) is 146 Å². The Morgan fingerprint density at radius 1 is 0.469 bits per heavy atom. The van der Waals surface area contributed by atoms with Crippen molar-refractivity contribution in [3.63, 3.8) is 0 Å². The molecule has 3 aromatic heterocycles. The standard InChI is InChI=1S/C44H24N4S/c1-45-28-17-22-39(48-38-14-8-6-12-31(38)37-26-29(46-2)18-23-41(37)48)35(25-28)27-16-21-40-36(24-27)33-19-20-34-32-13-7-9-15-42(32)49-44(34)43(33)47(40)30-10-4-3-5-11-30/h3-26H. The number of nitrogens with zero attached hydrogens (tertiary/aromatic N) is 4. The van der Waals surface area contributed by atoms with Crippen molar-refractivity contribution in [2.24, 2.45) is 0 Å². The lowest BCUT2D eigenvalue weighted by molar-refractivity contribution is 1.18. The molecule has 0 aliphatic carbocycles. The average Bonchev–Trinajstić information content (AvgIpc) is 3.82. The Kier molecular flexibility index (Phi) is 5.84. The van der Waals surface area contributed by atoms with E-state index in [1.165, 1.54) is 36.5 Å². The predicted molar refractivity (Wildman–Crippen MR) is 206 cm³/mol. The Hall–Kier alpha value is -6.66. The molecule has 0 saturated heterocycles. The summed E-state index contributed by atoms with van der Waals surface area (Å²) in [5.74, 6) is 0. The Bertz CT molecular complexity index is 3070. The number of hydrogen-bond acceptors (Lipinski definition) is 1. The van der Waals surface area contributed by atoms with Crippen molar-refractivity contribution < 1.29 is 0 Å². The van der Waals surface area contributed by atoms with E-state index in [0.717, 1.165) is 49.8 Å². The summed E-state index contributed by atoms with van der Waals surface area (Å²) in [4.78, 5) is 7.55. The Balaban J connectivity index is 1.29. The first-order chi connectivity index (χ1) is 24.2. The van der Waals surface area contributed by atoms with Crippen molar-refractivity contribution >= 4 is 86.5 Å². The lowest BCUT2D eigenvalue weighted by Gasteiger charge is -2.15. The third kappa shape index (κ3) is 3.95. The van der Waals surface area contributed by atoms with Gasteiger partial charge in [0.1, 0.15) is 0 Å². The first-order valence-corrected chi connectivity index (χ1v) is 16.9. The second-order valence-corrected chi connectivity index (χ2v) is 13.4. The molecule has 0 saturated carbocycles. The van der Waals surface area contributed by atoms with Gasteiger partial charge in [0.15, 0.2) is 11.4 Å². The molecule has 5 heteroatoms. The summed E-state index contributed by atoms with van der Waals surface area (Å²) in [7, 11) is 0. The third-order valence-electron chi connectivity index (χ3n) is 9.73. The summed E-state index contributed by atoms with van der Waals surface area (Å²) in [6, 6.07) is 50.8. The van der Waals surface area contributed by atoms with Crippen LogP contribution >= 0.6 is 11.3 Å². The fraction of sp³-hybridized carbons (Fsp3) is 0. The van der Waals surface area contributed by atoms with Crippen LogP contribution in [0.3, 0.4) is 0 Å². The van der Waals surface area contributed by atoms with Gasteiger partial charge in [0.2, 0.25) is 0 Å². The van der Waals surface area contributed by atoms with Crippen molar-refractivity contribution in [1.82, 2.24) is 9.13 Å². The maximum Gasteiger partial charge on any atom is 0.188 e. The van der Waals surface area contributed by atoms with Crippen LogP contribution in [0.2, 0.25) is 0 Å². The molecule has 4 nitrogen and oxygen atoms in total. The first kappa shape index (κ1) is 27.5. The summed E-state index contributed by atoms with van der Waals surface area (Å²) < 4.78 is 7.25. The number of para-hydroxylation sites is 2. The molecule has 0 N–H and O–H groups in total. The third-order valence-corrected chi connectivity index (χ3v) is 10.9. The second-order valence-electron chi connectivity index (χ2n) is 12.3. The lowest BCUT2D eigenvalue weighted by atomic mass is 9.99. The highest BCUT2D eigenvalue weighted by atomic mass is 32.1. The lowest BCUT2D eigenvalue weighted by Crippen LogP contribution is -1.97. The van der Waals surface area contributed by atoms with Gasteiger partial charge >= 0.3 is 0 Å². The monoisotopic (exact) mass is 640 g/mol. The minimum absolute atomic E-state index is 0.591. The van der Waals surface area contributed by atoms with Crippen LogP contribution in [0.5, 0.6) is 0 Å². The highest BCUT2D eigenvalue weighted by Crippen LogP contribution is 2.45. The molecule has 0 aliphatic rings. The van der Waals surface area contributed by atoms with Gasteiger partial charge in [0.05, 0.1) is 45.6 Å². The maximum atomic E-state index is 7.90. The topological polar surface area (TPSA) is 18.6 Å². The number of aromatic nitrogens is 2. The van der Waals surface area contributed by atoms with Crippen molar-refractivity contribution in [1.29, 1.82) is 0 Å². The second kappa shape index (κ2) is 10.4. The van der Waals surface area contributed by atoms with Gasteiger partial charge in [0, 0.05) is 37.3 Å². The minimum atomic E-state index is 0.591. The number of hydrogen-bond donors (Lipinski definition) is 0. The van der Waals surface area contributed by atoms with Gasteiger partial charge < -0.3 is 9.13 Å². The SMILES string of the molecule is [C-]#[N+]c1ccc(-n2c3ccccc3c3cc([N+]#[C-])ccc32)c(-c2ccc3c(c2)c2ccc4c5ccccc5sc4c2n3-c2ccccc2)c1. The van der Waals surface area contributed by atoms with Crippen molar-refractivity contribution in [2.75, 3.05) is 0 Å². The molecule has 49 heavy (non-hydrogen) atoms. The van der Waals surface area contributed by atoms with Crippen LogP contribution in [0.1, 0.15) is 0 Å². The van der Waals surface area contributed by atoms with Gasteiger partial charge in [-0.3, -0.25) is 0 Å². The van der Waals surface area contributed by atoms with E-state index < -0.39 is 0 Å². The summed E-state index contributed by atoms with van der Waals surface area (Å²) in [5.41, 5.74) is 9.79. The zero-order valence-electron chi connectivity index (χ0n) is 26.1. The molecule has 0 spiro atoms. The van der Waals surface area contributed by atoms with Crippen LogP contribution in [-0.2, 0) is 0 Å². The molecule has 0 radical (unpaired) electrons. The zero-order chi connectivity index (χ0) is 32.6. The summed E-state index contributed by atoms with van der Waals surface area (Å²) in [6.07, 6.45) is 0. The largest absolute Gasteiger partial charge is 0.309 e. The van der Waals surface area contributed by atoms with Gasteiger partial charge in [-0.05, 0) is 77.2 Å². The molecule has 3 heterocycles. The Labute approximate surface area is 285 Å². The molecule has 0 aliphatic heterocycles. The fourth-order valence-corrected chi connectivity index (χ4v) is 8.84. The molecule has 0 unspecified atom stereocenters. The van der Waals surface area contributed by atoms with E-state index >= 15 is 0 Å². The molecule has 226 valence electrons. The first-order valence-electron chi connectivity index (χ1n) is 16.1. The summed E-state index contributed by atoms with van der Waals surface area (Å²) in [6.45, 7) is 15.5. The van der Waals surface area contributed by atoms with E-state index in [1.54, 1.807) is 0 Å². The highest BCUT2D eigenvalue weighted by molar-refractivity contribution is 7.26. The molecule has 10 aromatic rings. The van der Waals surface area contributed by atoms with Gasteiger partial charge in [-0.2, -0.15) is 0 Å². The average molecular weight is 641 g/mol. The van der Waals surface area contributed by atoms with Gasteiger partial charge in [-0.15, -0.1) is 11.3 Å². The Morgan fingerprint density at radius 2 is 1.12 bits per heavy atom. The molecule has 0 atom stereocenters. The molecule has 0 amide bonds. The quantitative estimate of drug-likeness (QED) is 0.171. The van der Waals surface area contributed by atoms with Crippen LogP contribution in [0.25, 0.3) is 96.0 Å². The van der Waals surface area contributed by atoms with E-state index in [-0.39, 0.29) is 0 Å². The van der Waals surface area contributed by atoms with Crippen LogP contribution in [0, 0.1) is 13.1 Å². The summed E-state index contributed by atoms with van der Waals surface area (Å²) in [5, 5.41) is 7.05. The maximum absolute atomic E-state index is 7.90. The normalized spacial score (nSPS) is 11.6. The molecule has 10 rings (SSSR count). The van der Waals surface area contributed by atoms with E-state index in [2.05, 4.69) is 128 Å². The Morgan fingerprint density at radius 3 is 1.98 bits per heavy atom. The van der Waals surface area contributed by atoms with Crippen LogP contribution < -0.4 is 0 Å². The smallest absolute Gasteiger partial charge is 0.188 e. The number of benzene rings is 7. The molecular formula is C44H24N4S. The molecule has 0 bridgehead atoms. The minimum Gasteiger partial charge on any atom is -0.309 e. The van der Waals surface area contributed by atoms with E-state index in [9.17, 15) is 0 Å². The van der Waals surface area contributed by atoms with Gasteiger partial charge in [0.25, 0.3) is 0 Å². The summed E-state index contributed by atoms with van der Waals surface area (Å²) >= 11 is 1.85. The van der Waals surface area contributed by atoms with Gasteiger partial charge in [-0.25, -0.2) is 9.69 Å². The van der Waals surface area contributed by atoms with Crippen molar-refractivity contribution in [2.45, 2.75) is 0 Å². The van der Waals surface area contributed by atoms with E-state index in [4.69, 9.17) is 13.1 Å². The zero-order valence-corrected chi connectivity index (χ0v) is 26.9. The highest BCUT2D eigenvalue weighted by Gasteiger charge is 2.21. The predicted octanol–water partition coefficient (Wildman–Crippen LogP) is 13.0. The number of fused-ring (bicyclic) bond motifs is 10. The number of rotatable bonds is 3. The van der Waals surface area contributed by atoms with E-state index in [1.807, 2.05) is 47.7 Å².